The molecule has 2 rings (SSSR count). The molecule has 2 aromatic carbocycles. The number of aliphatic imine (C=N–C) groups is 1. The number of aromatic hydroxyl groups is 1. The summed E-state index contributed by atoms with van der Waals surface area (Å²) in [4.78, 5) is 14.5. The number of benzene rings is 2. The van der Waals surface area contributed by atoms with Gasteiger partial charge >= 0.3 is 0 Å². The molecule has 0 aliphatic carbocycles. The van der Waals surface area contributed by atoms with Crippen LogP contribution in [0, 0.1) is 10.1 Å². The van der Waals surface area contributed by atoms with Gasteiger partial charge in [-0.2, -0.15) is 0 Å². The van der Waals surface area contributed by atoms with Gasteiger partial charge in [0.05, 0.1) is 10.5 Å². The van der Waals surface area contributed by atoms with E-state index in [0.717, 1.165) is 0 Å². The molecule has 100 valence electrons. The molecule has 0 radical (unpaired) electrons. The highest BCUT2D eigenvalue weighted by Crippen LogP contribution is 2.24. The van der Waals surface area contributed by atoms with Crippen LogP contribution in [0.3, 0.4) is 0 Å². The number of para-hydroxylation sites is 3. The summed E-state index contributed by atoms with van der Waals surface area (Å²) < 4.78 is 0. The van der Waals surface area contributed by atoms with Gasteiger partial charge in [-0.05, 0) is 30.4 Å². The maximum absolute atomic E-state index is 10.8. The third-order valence-corrected chi connectivity index (χ3v) is 2.59. The fourth-order valence-electron chi connectivity index (χ4n) is 1.64. The van der Waals surface area contributed by atoms with Crippen molar-refractivity contribution in [3.8, 4) is 5.75 Å². The van der Waals surface area contributed by atoms with E-state index in [1.165, 1.54) is 12.3 Å². The highest BCUT2D eigenvalue weighted by Gasteiger charge is 2.08. The Hall–Kier alpha value is -2.95. The number of rotatable bonds is 4. The number of nitro benzene ring substituents is 1. The predicted molar refractivity (Wildman–Crippen MR) is 78.4 cm³/mol. The van der Waals surface area contributed by atoms with Crippen molar-refractivity contribution >= 4 is 23.7 Å². The van der Waals surface area contributed by atoms with E-state index in [4.69, 9.17) is 0 Å². The van der Waals surface area contributed by atoms with Crippen molar-refractivity contribution in [3.05, 3.63) is 70.3 Å². The summed E-state index contributed by atoms with van der Waals surface area (Å²) in [6.45, 7) is 0. The molecule has 0 fully saturated rings. The Kier molecular flexibility index (Phi) is 4.24. The first-order valence-corrected chi connectivity index (χ1v) is 5.90. The zero-order valence-corrected chi connectivity index (χ0v) is 10.5. The van der Waals surface area contributed by atoms with E-state index < -0.39 is 4.92 Å². The van der Waals surface area contributed by atoms with Crippen molar-refractivity contribution < 1.29 is 10.0 Å². The molecule has 0 heterocycles. The number of nitro groups is 1. The summed E-state index contributed by atoms with van der Waals surface area (Å²) in [5, 5.41) is 20.3. The van der Waals surface area contributed by atoms with E-state index in [0.29, 0.717) is 11.3 Å². The molecule has 5 nitrogen and oxygen atoms in total. The zero-order chi connectivity index (χ0) is 14.4. The molecule has 1 N–H and O–H groups in total. The van der Waals surface area contributed by atoms with Crippen LogP contribution in [0.2, 0.25) is 0 Å². The van der Waals surface area contributed by atoms with E-state index in [2.05, 4.69) is 4.99 Å². The zero-order valence-electron chi connectivity index (χ0n) is 10.5. The minimum Gasteiger partial charge on any atom is -0.506 e. The Morgan fingerprint density at radius 2 is 1.80 bits per heavy atom. The summed E-state index contributed by atoms with van der Waals surface area (Å²) in [7, 11) is 0. The van der Waals surface area contributed by atoms with Crippen molar-refractivity contribution in [2.24, 2.45) is 4.99 Å². The lowest BCUT2D eigenvalue weighted by atomic mass is 10.1. The lowest BCUT2D eigenvalue weighted by Crippen LogP contribution is -1.90. The Bertz CT molecular complexity index is 678. The molecular weight excluding hydrogens is 256 g/mol. The average Bonchev–Trinajstić information content (AvgIpc) is 2.45. The van der Waals surface area contributed by atoms with Gasteiger partial charge in [0.25, 0.3) is 5.69 Å². The van der Waals surface area contributed by atoms with Crippen molar-refractivity contribution in [2.75, 3.05) is 0 Å². The molecule has 0 unspecified atom stereocenters. The van der Waals surface area contributed by atoms with Gasteiger partial charge in [0.15, 0.2) is 0 Å². The van der Waals surface area contributed by atoms with Gasteiger partial charge in [-0.1, -0.05) is 24.3 Å². The van der Waals surface area contributed by atoms with Crippen molar-refractivity contribution in [3.63, 3.8) is 0 Å². The van der Waals surface area contributed by atoms with Gasteiger partial charge in [0.1, 0.15) is 11.4 Å². The van der Waals surface area contributed by atoms with E-state index in [1.807, 2.05) is 0 Å². The van der Waals surface area contributed by atoms with Crippen LogP contribution in [0.1, 0.15) is 5.56 Å². The lowest BCUT2D eigenvalue weighted by Gasteiger charge is -1.96. The Balaban J connectivity index is 2.15. The van der Waals surface area contributed by atoms with Crippen LogP contribution in [-0.4, -0.2) is 16.2 Å². The van der Waals surface area contributed by atoms with E-state index in [9.17, 15) is 15.2 Å². The van der Waals surface area contributed by atoms with Crippen molar-refractivity contribution in [1.82, 2.24) is 0 Å². The minimum absolute atomic E-state index is 0.0414. The Morgan fingerprint density at radius 3 is 2.55 bits per heavy atom. The summed E-state index contributed by atoms with van der Waals surface area (Å²) in [6.07, 6.45) is 4.67. The van der Waals surface area contributed by atoms with E-state index >= 15 is 0 Å². The molecule has 0 atom stereocenters. The van der Waals surface area contributed by atoms with E-state index in [-0.39, 0.29) is 11.4 Å². The van der Waals surface area contributed by atoms with Gasteiger partial charge in [-0.3, -0.25) is 15.1 Å². The van der Waals surface area contributed by atoms with Crippen LogP contribution in [0.15, 0.2) is 59.6 Å². The normalized spacial score (nSPS) is 11.2. The monoisotopic (exact) mass is 268 g/mol. The van der Waals surface area contributed by atoms with Crippen LogP contribution in [0.5, 0.6) is 5.75 Å². The maximum atomic E-state index is 10.8. The smallest absolute Gasteiger partial charge is 0.276 e. The lowest BCUT2D eigenvalue weighted by molar-refractivity contribution is -0.385. The summed E-state index contributed by atoms with van der Waals surface area (Å²) in [6, 6.07) is 13.1. The molecule has 20 heavy (non-hydrogen) atoms. The first kappa shape index (κ1) is 13.5. The highest BCUT2D eigenvalue weighted by molar-refractivity contribution is 5.82. The number of phenolic OH excluding ortho intramolecular Hbond substituents is 1. The van der Waals surface area contributed by atoms with Crippen LogP contribution < -0.4 is 0 Å². The topological polar surface area (TPSA) is 75.7 Å². The standard InChI is InChI=1S/C15H12N2O3/c18-15-10-4-2-8-13(15)16-11-5-7-12-6-1-3-9-14(12)17(19)20/h1-11,18H. The first-order valence-electron chi connectivity index (χ1n) is 5.90. The number of allylic oxidation sites excluding steroid dienone is 1. The maximum Gasteiger partial charge on any atom is 0.276 e. The molecule has 0 aliphatic heterocycles. The van der Waals surface area contributed by atoms with Gasteiger partial charge in [0, 0.05) is 12.3 Å². The average molecular weight is 268 g/mol. The van der Waals surface area contributed by atoms with Crippen LogP contribution >= 0.6 is 0 Å². The molecule has 2 aromatic rings. The SMILES string of the molecule is O=[N+]([O-])c1ccccc1C=CC=Nc1ccccc1O. The van der Waals surface area contributed by atoms with Crippen molar-refractivity contribution in [1.29, 1.82) is 0 Å². The minimum atomic E-state index is -0.431. The predicted octanol–water partition coefficient (Wildman–Crippen LogP) is 3.72. The van der Waals surface area contributed by atoms with E-state index in [1.54, 1.807) is 54.6 Å². The molecular formula is C15H12N2O3. The number of hydrogen-bond acceptors (Lipinski definition) is 4. The largest absolute Gasteiger partial charge is 0.506 e. The molecule has 0 aromatic heterocycles. The van der Waals surface area contributed by atoms with Crippen molar-refractivity contribution in [2.45, 2.75) is 0 Å². The van der Waals surface area contributed by atoms with Gasteiger partial charge in [-0.25, -0.2) is 0 Å². The molecule has 0 spiro atoms. The number of hydrogen-bond donors (Lipinski definition) is 1. The van der Waals surface area contributed by atoms with Gasteiger partial charge in [-0.15, -0.1) is 0 Å². The molecule has 0 bridgehead atoms. The molecule has 5 heteroatoms. The second-order valence-corrected chi connectivity index (χ2v) is 3.94. The first-order chi connectivity index (χ1) is 9.68. The third-order valence-electron chi connectivity index (χ3n) is 2.59. The van der Waals surface area contributed by atoms with Crippen LogP contribution in [0.4, 0.5) is 11.4 Å². The molecule has 0 saturated heterocycles. The fourth-order valence-corrected chi connectivity index (χ4v) is 1.64. The molecule has 0 amide bonds. The Morgan fingerprint density at radius 1 is 1.10 bits per heavy atom. The Labute approximate surface area is 115 Å². The summed E-state index contributed by atoms with van der Waals surface area (Å²) >= 11 is 0. The van der Waals surface area contributed by atoms with Crippen LogP contribution in [-0.2, 0) is 0 Å². The quantitative estimate of drug-likeness (QED) is 0.521. The molecule has 0 saturated carbocycles. The number of phenols is 1. The van der Waals surface area contributed by atoms with Gasteiger partial charge < -0.3 is 5.11 Å². The highest BCUT2D eigenvalue weighted by atomic mass is 16.6. The fraction of sp³-hybridized carbons (Fsp3) is 0. The van der Waals surface area contributed by atoms with Gasteiger partial charge in [0.2, 0.25) is 0 Å². The number of nitrogens with zero attached hydrogens (tertiary/aromatic N) is 2. The summed E-state index contributed by atoms with van der Waals surface area (Å²) in [5.41, 5.74) is 0.987. The second-order valence-electron chi connectivity index (χ2n) is 3.94. The summed E-state index contributed by atoms with van der Waals surface area (Å²) in [5.74, 6) is 0.0860. The second kappa shape index (κ2) is 6.29. The molecule has 0 aliphatic rings. The van der Waals surface area contributed by atoms with Crippen LogP contribution in [0.25, 0.3) is 6.08 Å². The third kappa shape index (κ3) is 3.29.